The third-order valence-corrected chi connectivity index (χ3v) is 9.72. The van der Waals surface area contributed by atoms with Crippen LogP contribution in [-0.4, -0.2) is 19.9 Å². The molecule has 4 aromatic heterocycles. The maximum atomic E-state index is 4.74. The van der Waals surface area contributed by atoms with Gasteiger partial charge in [0.05, 0.1) is 11.2 Å². The number of hydrogen-bond acceptors (Lipinski definition) is 4. The smallest absolute Gasteiger partial charge is 0.0714 e. The Balaban J connectivity index is 0.000000294. The molecule has 0 N–H and O–H groups in total. The van der Waals surface area contributed by atoms with Gasteiger partial charge >= 0.3 is 0 Å². The average molecular weight is 873 g/mol. The molecule has 9 aromatic rings. The molecule has 0 unspecified atom stereocenters. The summed E-state index contributed by atoms with van der Waals surface area (Å²) in [7, 11) is 0. The van der Waals surface area contributed by atoms with Crippen molar-refractivity contribution >= 4 is 21.7 Å². The summed E-state index contributed by atoms with van der Waals surface area (Å²) in [6, 6.07) is 54.3. The summed E-state index contributed by atoms with van der Waals surface area (Å²) in [5.41, 5.74) is 15.3. The predicted octanol–water partition coefficient (Wildman–Crippen LogP) is 12.1. The summed E-state index contributed by atoms with van der Waals surface area (Å²) in [5, 5.41) is 3.53. The summed E-state index contributed by atoms with van der Waals surface area (Å²) in [6.45, 7) is 6.43. The van der Waals surface area contributed by atoms with E-state index in [4.69, 9.17) is 4.98 Å². The van der Waals surface area contributed by atoms with Crippen LogP contribution in [0.5, 0.6) is 0 Å². The molecular weight excluding hydrogens is 837 g/mol. The second-order valence-corrected chi connectivity index (χ2v) is 13.1. The quantitative estimate of drug-likeness (QED) is 0.128. The molecule has 0 amide bonds. The number of fused-ring (bicyclic) bond motifs is 3. The molecule has 0 fully saturated rings. The molecule has 0 spiro atoms. The van der Waals surface area contributed by atoms with Crippen LogP contribution in [0.25, 0.3) is 77.7 Å². The van der Waals surface area contributed by atoms with Crippen LogP contribution in [0.15, 0.2) is 164 Å². The van der Waals surface area contributed by atoms with Crippen LogP contribution < -0.4 is 0 Å². The number of benzene rings is 5. The minimum Gasteiger partial charge on any atom is -0.305 e. The van der Waals surface area contributed by atoms with Crippen molar-refractivity contribution < 1.29 is 20.1 Å². The van der Waals surface area contributed by atoms with Crippen molar-refractivity contribution in [2.45, 2.75) is 20.8 Å². The summed E-state index contributed by atoms with van der Waals surface area (Å²) in [4.78, 5) is 18.3. The predicted molar refractivity (Wildman–Crippen MR) is 218 cm³/mol. The number of nitrogens with zero attached hydrogens (tertiary/aromatic N) is 4. The zero-order valence-corrected chi connectivity index (χ0v) is 32.6. The van der Waals surface area contributed by atoms with Crippen molar-refractivity contribution in [1.29, 1.82) is 0 Å². The molecule has 0 atom stereocenters. The fourth-order valence-electron chi connectivity index (χ4n) is 6.76. The van der Waals surface area contributed by atoms with Crippen LogP contribution >= 0.6 is 0 Å². The molecule has 0 aliphatic rings. The van der Waals surface area contributed by atoms with Crippen LogP contribution in [-0.2, 0) is 20.1 Å². The van der Waals surface area contributed by atoms with Crippen molar-refractivity contribution in [2.24, 2.45) is 0 Å². The average Bonchev–Trinajstić information content (AvgIpc) is 3.23. The Morgan fingerprint density at radius 1 is 0.426 bits per heavy atom. The maximum absolute atomic E-state index is 4.74. The molecule has 4 heterocycles. The molecule has 0 aliphatic carbocycles. The standard InChI is InChI=1S/C38H28N3.C11H8N.Ir/c1-24-19-37(41-23-25(24)2)28-10-6-9-27(20-28)30-11-7-12-31(26(30)3)35-22-38-33(13-8-18-40-38)32-16-15-29(21-34(32)35)36-14-4-5-17-39-36;1-2-6-10(7-3-1)11-8-4-5-9-12-11;/h4-9,11-23H,1-3H3;1-6,8-9H;/q2*-1;. The van der Waals surface area contributed by atoms with E-state index >= 15 is 0 Å². The Labute approximate surface area is 330 Å². The molecular formula is C49H36IrN4-2. The monoisotopic (exact) mass is 873 g/mol. The van der Waals surface area contributed by atoms with Crippen LogP contribution in [0, 0.1) is 32.9 Å². The van der Waals surface area contributed by atoms with Crippen LogP contribution in [0.4, 0.5) is 0 Å². The number of rotatable bonds is 5. The minimum absolute atomic E-state index is 0. The molecule has 0 saturated carbocycles. The van der Waals surface area contributed by atoms with Gasteiger partial charge in [0.1, 0.15) is 0 Å². The molecule has 9 rings (SSSR count). The normalized spacial score (nSPS) is 10.7. The fourth-order valence-corrected chi connectivity index (χ4v) is 6.76. The van der Waals surface area contributed by atoms with Crippen molar-refractivity contribution in [3.63, 3.8) is 0 Å². The van der Waals surface area contributed by atoms with E-state index in [0.717, 1.165) is 50.2 Å². The first-order chi connectivity index (χ1) is 26.0. The maximum Gasteiger partial charge on any atom is 0.0714 e. The molecule has 1 radical (unpaired) electrons. The van der Waals surface area contributed by atoms with Crippen molar-refractivity contribution in [3.05, 3.63) is 193 Å². The Hall–Kier alpha value is -6.13. The first-order valence-corrected chi connectivity index (χ1v) is 17.7. The van der Waals surface area contributed by atoms with E-state index in [1.807, 2.05) is 85.3 Å². The molecule has 5 heteroatoms. The van der Waals surface area contributed by atoms with E-state index in [9.17, 15) is 0 Å². The van der Waals surface area contributed by atoms with Gasteiger partial charge in [0.15, 0.2) is 0 Å². The topological polar surface area (TPSA) is 51.6 Å². The molecule has 0 saturated heterocycles. The summed E-state index contributed by atoms with van der Waals surface area (Å²) in [6.07, 6.45) is 7.44. The summed E-state index contributed by atoms with van der Waals surface area (Å²) < 4.78 is 0. The SMILES string of the molecule is Cc1cnc(-c2[c-]ccc(-c3cccc(-c4cc5ncccc5c5ccc(-c6ccccn6)cc45)c3C)c2)cc1C.[Ir].[c-]1ccccc1-c1ccccn1. The van der Waals surface area contributed by atoms with Crippen molar-refractivity contribution in [3.8, 4) is 56.0 Å². The Morgan fingerprint density at radius 2 is 1.19 bits per heavy atom. The largest absolute Gasteiger partial charge is 0.305 e. The Morgan fingerprint density at radius 3 is 1.94 bits per heavy atom. The van der Waals surface area contributed by atoms with E-state index in [2.05, 4.69) is 121 Å². The van der Waals surface area contributed by atoms with Crippen molar-refractivity contribution in [2.75, 3.05) is 0 Å². The molecule has 0 aliphatic heterocycles. The van der Waals surface area contributed by atoms with Gasteiger partial charge in [-0.2, -0.15) is 0 Å². The Kier molecular flexibility index (Phi) is 10.9. The van der Waals surface area contributed by atoms with E-state index in [0.29, 0.717) is 0 Å². The fraction of sp³-hybridized carbons (Fsp3) is 0.0612. The first kappa shape index (κ1) is 36.2. The third-order valence-electron chi connectivity index (χ3n) is 9.72. The first-order valence-electron chi connectivity index (χ1n) is 17.7. The van der Waals surface area contributed by atoms with Gasteiger partial charge < -0.3 is 9.97 Å². The number of aryl methyl sites for hydroxylation is 2. The van der Waals surface area contributed by atoms with Crippen LogP contribution in [0.2, 0.25) is 0 Å². The minimum atomic E-state index is 0. The molecule has 263 valence electrons. The van der Waals surface area contributed by atoms with Gasteiger partial charge in [-0.25, -0.2) is 0 Å². The summed E-state index contributed by atoms with van der Waals surface area (Å²) >= 11 is 0. The third kappa shape index (κ3) is 7.51. The molecule has 54 heavy (non-hydrogen) atoms. The summed E-state index contributed by atoms with van der Waals surface area (Å²) in [5.74, 6) is 0. The second-order valence-electron chi connectivity index (χ2n) is 13.1. The number of hydrogen-bond donors (Lipinski definition) is 0. The molecule has 5 aromatic carbocycles. The van der Waals surface area contributed by atoms with E-state index in [1.165, 1.54) is 44.2 Å². The van der Waals surface area contributed by atoms with Gasteiger partial charge in [-0.3, -0.25) is 9.97 Å². The number of pyridine rings is 4. The van der Waals surface area contributed by atoms with Gasteiger partial charge in [-0.05, 0) is 107 Å². The Bertz CT molecular complexity index is 2660. The zero-order chi connectivity index (χ0) is 36.1. The van der Waals surface area contributed by atoms with Gasteiger partial charge in [0.25, 0.3) is 0 Å². The van der Waals surface area contributed by atoms with Gasteiger partial charge in [-0.15, -0.1) is 71.3 Å². The number of aromatic nitrogens is 4. The van der Waals surface area contributed by atoms with Gasteiger partial charge in [0, 0.05) is 55.8 Å². The van der Waals surface area contributed by atoms with Crippen molar-refractivity contribution in [1.82, 2.24) is 19.9 Å². The van der Waals surface area contributed by atoms with Crippen LogP contribution in [0.3, 0.4) is 0 Å². The van der Waals surface area contributed by atoms with Crippen LogP contribution in [0.1, 0.15) is 16.7 Å². The molecule has 0 bridgehead atoms. The van der Waals surface area contributed by atoms with E-state index in [-0.39, 0.29) is 20.1 Å². The van der Waals surface area contributed by atoms with E-state index in [1.54, 1.807) is 6.20 Å². The second kappa shape index (κ2) is 16.3. The molecule has 4 nitrogen and oxygen atoms in total. The van der Waals surface area contributed by atoms with Gasteiger partial charge in [-0.1, -0.05) is 66.2 Å². The van der Waals surface area contributed by atoms with Gasteiger partial charge in [0.2, 0.25) is 0 Å². The van der Waals surface area contributed by atoms with E-state index < -0.39 is 0 Å². The zero-order valence-electron chi connectivity index (χ0n) is 30.2.